The van der Waals surface area contributed by atoms with E-state index in [9.17, 15) is 18.4 Å². The van der Waals surface area contributed by atoms with Crippen LogP contribution in [0.15, 0.2) is 54.6 Å². The zero-order chi connectivity index (χ0) is 20.5. The summed E-state index contributed by atoms with van der Waals surface area (Å²) in [6.07, 6.45) is 0. The molecule has 1 heterocycles. The van der Waals surface area contributed by atoms with Crippen LogP contribution in [0.2, 0.25) is 0 Å². The molecule has 0 atom stereocenters. The zero-order valence-electron chi connectivity index (χ0n) is 15.4. The van der Waals surface area contributed by atoms with Gasteiger partial charge in [-0.3, -0.25) is 14.9 Å². The van der Waals surface area contributed by atoms with E-state index >= 15 is 0 Å². The third-order valence-corrected chi connectivity index (χ3v) is 4.53. The molecule has 0 unspecified atom stereocenters. The van der Waals surface area contributed by atoms with Crippen LogP contribution < -0.4 is 15.4 Å². The number of halogens is 2. The van der Waals surface area contributed by atoms with Gasteiger partial charge in [0.1, 0.15) is 11.6 Å². The number of carbonyl (C=O) groups excluding carboxylic acids is 2. The smallest absolute Gasteiger partial charge is 0.259 e. The molecule has 0 fully saturated rings. The molecule has 4 rings (SSSR count). The molecule has 146 valence electrons. The monoisotopic (exact) mass is 394 g/mol. The highest BCUT2D eigenvalue weighted by Crippen LogP contribution is 2.39. The number of ether oxygens (including phenoxy) is 1. The topological polar surface area (TPSA) is 67.4 Å². The van der Waals surface area contributed by atoms with Crippen molar-refractivity contribution in [2.45, 2.75) is 6.92 Å². The van der Waals surface area contributed by atoms with E-state index in [4.69, 9.17) is 4.74 Å². The largest absolute Gasteiger partial charge is 0.454 e. The summed E-state index contributed by atoms with van der Waals surface area (Å²) < 4.78 is 33.1. The van der Waals surface area contributed by atoms with Crippen LogP contribution in [0.1, 0.15) is 27.6 Å². The number of amides is 2. The fraction of sp³-hybridized carbons (Fsp3) is 0.0909. The van der Waals surface area contributed by atoms with Crippen LogP contribution in [0.25, 0.3) is 11.1 Å². The first kappa shape index (κ1) is 18.6. The van der Waals surface area contributed by atoms with Gasteiger partial charge in [-0.2, -0.15) is 0 Å². The number of rotatable bonds is 5. The first-order valence-corrected chi connectivity index (χ1v) is 8.98. The summed E-state index contributed by atoms with van der Waals surface area (Å²) in [5.74, 6) is -2.43. The van der Waals surface area contributed by atoms with Gasteiger partial charge in [0.25, 0.3) is 11.8 Å². The Morgan fingerprint density at radius 2 is 1.66 bits per heavy atom. The highest BCUT2D eigenvalue weighted by Gasteiger charge is 2.30. The van der Waals surface area contributed by atoms with Gasteiger partial charge in [0.15, 0.2) is 11.6 Å². The quantitative estimate of drug-likeness (QED) is 0.614. The van der Waals surface area contributed by atoms with E-state index in [0.717, 1.165) is 17.8 Å². The lowest BCUT2D eigenvalue weighted by molar-refractivity contribution is 0.0880. The molecule has 0 radical (unpaired) electrons. The molecule has 2 N–H and O–H groups in total. The van der Waals surface area contributed by atoms with Gasteiger partial charge in [-0.05, 0) is 48.9 Å². The van der Waals surface area contributed by atoms with E-state index in [2.05, 4.69) is 10.6 Å². The minimum Gasteiger partial charge on any atom is -0.454 e. The third kappa shape index (κ3) is 3.42. The van der Waals surface area contributed by atoms with Gasteiger partial charge in [0.2, 0.25) is 0 Å². The Kier molecular flexibility index (Phi) is 4.72. The SMILES string of the molecule is CCNc1ccc(Oc2ccc(F)cc2F)c(-c2cccc3c2C(=O)NC3=O)c1. The maximum absolute atomic E-state index is 14.1. The van der Waals surface area contributed by atoms with Crippen molar-refractivity contribution in [1.29, 1.82) is 0 Å². The van der Waals surface area contributed by atoms with Crippen molar-refractivity contribution < 1.29 is 23.1 Å². The molecule has 7 heteroatoms. The van der Waals surface area contributed by atoms with Crippen molar-refractivity contribution in [2.24, 2.45) is 0 Å². The maximum Gasteiger partial charge on any atom is 0.259 e. The molecule has 0 saturated carbocycles. The van der Waals surface area contributed by atoms with Crippen molar-refractivity contribution >= 4 is 17.5 Å². The van der Waals surface area contributed by atoms with Gasteiger partial charge in [-0.15, -0.1) is 0 Å². The van der Waals surface area contributed by atoms with Crippen LogP contribution in [0.4, 0.5) is 14.5 Å². The van der Waals surface area contributed by atoms with E-state index in [1.165, 1.54) is 6.07 Å². The highest BCUT2D eigenvalue weighted by molar-refractivity contribution is 6.24. The predicted molar refractivity (Wildman–Crippen MR) is 104 cm³/mol. The van der Waals surface area contributed by atoms with Crippen LogP contribution in [0, 0.1) is 11.6 Å². The summed E-state index contributed by atoms with van der Waals surface area (Å²) >= 11 is 0. The van der Waals surface area contributed by atoms with Gasteiger partial charge in [-0.1, -0.05) is 12.1 Å². The van der Waals surface area contributed by atoms with Gasteiger partial charge < -0.3 is 10.1 Å². The highest BCUT2D eigenvalue weighted by atomic mass is 19.1. The predicted octanol–water partition coefficient (Wildman–Crippen LogP) is 4.74. The molecule has 1 aliphatic rings. The van der Waals surface area contributed by atoms with Crippen molar-refractivity contribution in [3.63, 3.8) is 0 Å². The lowest BCUT2D eigenvalue weighted by Gasteiger charge is -2.16. The maximum atomic E-state index is 14.1. The Morgan fingerprint density at radius 1 is 0.897 bits per heavy atom. The zero-order valence-corrected chi connectivity index (χ0v) is 15.4. The molecular formula is C22H16F2N2O3. The normalized spacial score (nSPS) is 12.5. The van der Waals surface area contributed by atoms with E-state index in [1.54, 1.807) is 36.4 Å². The van der Waals surface area contributed by atoms with E-state index in [-0.39, 0.29) is 22.6 Å². The van der Waals surface area contributed by atoms with Crippen molar-refractivity contribution in [1.82, 2.24) is 5.32 Å². The number of benzene rings is 3. The van der Waals surface area contributed by atoms with E-state index in [0.29, 0.717) is 17.7 Å². The Balaban J connectivity index is 1.87. The fourth-order valence-corrected chi connectivity index (χ4v) is 3.26. The fourth-order valence-electron chi connectivity index (χ4n) is 3.26. The lowest BCUT2D eigenvalue weighted by Crippen LogP contribution is -2.20. The average molecular weight is 394 g/mol. The Labute approximate surface area is 165 Å². The van der Waals surface area contributed by atoms with Gasteiger partial charge >= 0.3 is 0 Å². The third-order valence-electron chi connectivity index (χ3n) is 4.53. The number of imide groups is 1. The summed E-state index contributed by atoms with van der Waals surface area (Å²) in [5.41, 5.74) is 2.23. The summed E-state index contributed by atoms with van der Waals surface area (Å²) in [6.45, 7) is 2.60. The molecule has 0 bridgehead atoms. The van der Waals surface area contributed by atoms with Crippen molar-refractivity contribution in [2.75, 3.05) is 11.9 Å². The number of carbonyl (C=O) groups is 2. The Bertz CT molecular complexity index is 1140. The van der Waals surface area contributed by atoms with Crippen molar-refractivity contribution in [3.8, 4) is 22.6 Å². The minimum atomic E-state index is -0.849. The Hall–Kier alpha value is -3.74. The first-order valence-electron chi connectivity index (χ1n) is 8.98. The lowest BCUT2D eigenvalue weighted by atomic mass is 9.95. The standard InChI is InChI=1S/C22H16F2N2O3/c1-2-25-13-7-9-18(29-19-8-6-12(23)10-17(19)24)16(11-13)14-4-3-5-15-20(14)22(28)26-21(15)27/h3-11,25H,2H2,1H3,(H,26,27,28). The summed E-state index contributed by atoms with van der Waals surface area (Å²) in [6, 6.07) is 13.1. The summed E-state index contributed by atoms with van der Waals surface area (Å²) in [4.78, 5) is 24.4. The number of hydrogen-bond acceptors (Lipinski definition) is 4. The van der Waals surface area contributed by atoms with Crippen LogP contribution >= 0.6 is 0 Å². The summed E-state index contributed by atoms with van der Waals surface area (Å²) in [5, 5.41) is 5.45. The van der Waals surface area contributed by atoms with Crippen LogP contribution in [0.5, 0.6) is 11.5 Å². The van der Waals surface area contributed by atoms with E-state index < -0.39 is 23.4 Å². The molecule has 3 aromatic rings. The molecule has 1 aliphatic heterocycles. The summed E-state index contributed by atoms with van der Waals surface area (Å²) in [7, 11) is 0. The van der Waals surface area contributed by atoms with Gasteiger partial charge in [-0.25, -0.2) is 8.78 Å². The molecule has 0 saturated heterocycles. The molecule has 3 aromatic carbocycles. The second-order valence-electron chi connectivity index (χ2n) is 6.43. The first-order chi connectivity index (χ1) is 14.0. The number of hydrogen-bond donors (Lipinski definition) is 2. The molecule has 2 amide bonds. The number of fused-ring (bicyclic) bond motifs is 1. The van der Waals surface area contributed by atoms with E-state index in [1.807, 2.05) is 6.92 Å². The van der Waals surface area contributed by atoms with Crippen LogP contribution in [0.3, 0.4) is 0 Å². The average Bonchev–Trinajstić information content (AvgIpc) is 2.99. The second-order valence-corrected chi connectivity index (χ2v) is 6.43. The van der Waals surface area contributed by atoms with Gasteiger partial charge in [0, 0.05) is 23.9 Å². The molecular weight excluding hydrogens is 378 g/mol. The molecule has 0 aliphatic carbocycles. The van der Waals surface area contributed by atoms with Crippen LogP contribution in [-0.2, 0) is 0 Å². The number of nitrogens with one attached hydrogen (secondary N) is 2. The number of anilines is 1. The second kappa shape index (κ2) is 7.35. The van der Waals surface area contributed by atoms with Gasteiger partial charge in [0.05, 0.1) is 11.1 Å². The molecule has 29 heavy (non-hydrogen) atoms. The molecule has 0 spiro atoms. The molecule has 5 nitrogen and oxygen atoms in total. The van der Waals surface area contributed by atoms with Crippen LogP contribution in [-0.4, -0.2) is 18.4 Å². The minimum absolute atomic E-state index is 0.156. The van der Waals surface area contributed by atoms with Crippen molar-refractivity contribution in [3.05, 3.63) is 77.4 Å². The molecule has 0 aromatic heterocycles. The Morgan fingerprint density at radius 3 is 2.41 bits per heavy atom.